The average molecular weight is 500 g/mol. The van der Waals surface area contributed by atoms with Crippen molar-refractivity contribution < 1.29 is 14.1 Å². The topological polar surface area (TPSA) is 96.6 Å². The molecular weight excluding hydrogens is 475 g/mol. The van der Waals surface area contributed by atoms with Gasteiger partial charge in [-0.2, -0.15) is 4.98 Å². The van der Waals surface area contributed by atoms with Gasteiger partial charge in [0.1, 0.15) is 11.4 Å². The van der Waals surface area contributed by atoms with Crippen LogP contribution in [-0.2, 0) is 4.74 Å². The monoisotopic (exact) mass is 500 g/mol. The zero-order valence-corrected chi connectivity index (χ0v) is 18.6. The van der Waals surface area contributed by atoms with Crippen LogP contribution in [0, 0.1) is 0 Å². The van der Waals surface area contributed by atoms with Gasteiger partial charge in [0.05, 0.1) is 35.5 Å². The summed E-state index contributed by atoms with van der Waals surface area (Å²) in [7, 11) is 1.74. The Morgan fingerprint density at radius 3 is 2.89 bits per heavy atom. The number of likely N-dealkylation sites (tertiary alicyclic amines) is 1. The number of anilines is 1. The van der Waals surface area contributed by atoms with Gasteiger partial charge >= 0.3 is 6.09 Å². The van der Waals surface area contributed by atoms with Gasteiger partial charge in [-0.15, -0.1) is 0 Å². The van der Waals surface area contributed by atoms with Gasteiger partial charge < -0.3 is 12.8 Å². The molecule has 3 heterocycles. The molecule has 1 N–H and O–H groups in total. The molecule has 28 heavy (non-hydrogen) atoms. The molecule has 1 unspecified atom stereocenters. The van der Waals surface area contributed by atoms with Gasteiger partial charge in [0.15, 0.2) is 0 Å². The summed E-state index contributed by atoms with van der Waals surface area (Å²) in [6, 6.07) is 3.76. The quantitative estimate of drug-likeness (QED) is 0.493. The highest BCUT2D eigenvalue weighted by Gasteiger charge is 2.30. The van der Waals surface area contributed by atoms with Gasteiger partial charge in [-0.3, -0.25) is 9.80 Å². The molecule has 9 nitrogen and oxygen atoms in total. The Balaban J connectivity index is 1.57. The number of ether oxygens (including phenoxy) is 1. The van der Waals surface area contributed by atoms with E-state index in [1.807, 2.05) is 55.8 Å². The summed E-state index contributed by atoms with van der Waals surface area (Å²) >= 11 is 2.03. The lowest BCUT2D eigenvalue weighted by atomic mass is 10.1. The van der Waals surface area contributed by atoms with Crippen LogP contribution in [0.3, 0.4) is 0 Å². The number of carbonyl (C=O) groups excluding carboxylic acids is 1. The van der Waals surface area contributed by atoms with Crippen molar-refractivity contribution in [1.29, 1.82) is 0 Å². The Hall–Kier alpha value is -1.95. The molecular formula is C18H25IN6O3. The van der Waals surface area contributed by atoms with Crippen molar-refractivity contribution in [2.45, 2.75) is 38.7 Å². The first-order valence-electron chi connectivity index (χ1n) is 9.08. The second kappa shape index (κ2) is 8.60. The van der Waals surface area contributed by atoms with Crippen molar-refractivity contribution in [1.82, 2.24) is 24.9 Å². The van der Waals surface area contributed by atoms with Crippen molar-refractivity contribution >= 4 is 34.8 Å². The largest absolute Gasteiger partial charge is 0.444 e. The Labute approximate surface area is 178 Å². The molecule has 10 heteroatoms. The predicted octanol–water partition coefficient (Wildman–Crippen LogP) is 3.51. The molecule has 0 spiro atoms. The number of halogens is 1. The molecule has 1 atom stereocenters. The summed E-state index contributed by atoms with van der Waals surface area (Å²) in [5.74, 6) is 2.07. The van der Waals surface area contributed by atoms with E-state index in [1.54, 1.807) is 18.1 Å². The van der Waals surface area contributed by atoms with Gasteiger partial charge in [-0.25, -0.2) is 9.78 Å². The van der Waals surface area contributed by atoms with E-state index in [-0.39, 0.29) is 12.0 Å². The van der Waals surface area contributed by atoms with Crippen molar-refractivity contribution in [3.05, 3.63) is 24.2 Å². The summed E-state index contributed by atoms with van der Waals surface area (Å²) < 4.78 is 13.8. The molecule has 1 aliphatic heterocycles. The molecule has 1 saturated heterocycles. The normalized spacial score (nSPS) is 17.5. The van der Waals surface area contributed by atoms with Gasteiger partial charge in [-0.05, 0) is 39.3 Å². The maximum absolute atomic E-state index is 12.1. The molecule has 0 aliphatic carbocycles. The van der Waals surface area contributed by atoms with E-state index < -0.39 is 5.60 Å². The summed E-state index contributed by atoms with van der Waals surface area (Å²) in [4.78, 5) is 24.7. The Morgan fingerprint density at radius 1 is 1.46 bits per heavy atom. The second-order valence-electron chi connectivity index (χ2n) is 7.87. The number of nitrogens with zero attached hydrogens (tertiary/aromatic N) is 5. The highest BCUT2D eigenvalue weighted by molar-refractivity contribution is 14.1. The van der Waals surface area contributed by atoms with Crippen LogP contribution in [0.1, 0.15) is 39.0 Å². The maximum atomic E-state index is 12.1. The number of hydrogen-bond acceptors (Lipinski definition) is 8. The minimum absolute atomic E-state index is 0.150. The van der Waals surface area contributed by atoms with Crippen LogP contribution in [-0.4, -0.2) is 63.4 Å². The molecule has 3 rings (SSSR count). The van der Waals surface area contributed by atoms with Crippen LogP contribution in [0.25, 0.3) is 11.4 Å². The third-order valence-electron chi connectivity index (χ3n) is 4.30. The first kappa shape index (κ1) is 20.8. The second-order valence-corrected chi connectivity index (χ2v) is 8.40. The third-order valence-corrected chi connectivity index (χ3v) is 4.85. The zero-order chi connectivity index (χ0) is 20.3. The number of rotatable bonds is 5. The number of nitrogens with one attached hydrogen (secondary N) is 1. The van der Waals surface area contributed by atoms with Crippen LogP contribution < -0.4 is 3.53 Å². The van der Waals surface area contributed by atoms with E-state index in [9.17, 15) is 4.79 Å². The molecule has 0 radical (unpaired) electrons. The molecule has 0 aromatic carbocycles. The van der Waals surface area contributed by atoms with Crippen molar-refractivity contribution in [2.24, 2.45) is 0 Å². The molecule has 0 bridgehead atoms. The lowest BCUT2D eigenvalue weighted by Gasteiger charge is -2.27. The van der Waals surface area contributed by atoms with Gasteiger partial charge in [0, 0.05) is 31.9 Å². The first-order valence-corrected chi connectivity index (χ1v) is 10.2. The van der Waals surface area contributed by atoms with Crippen molar-refractivity contribution in [2.75, 3.05) is 30.3 Å². The minimum atomic E-state index is -0.501. The van der Waals surface area contributed by atoms with Crippen LogP contribution >= 0.6 is 22.9 Å². The first-order chi connectivity index (χ1) is 13.2. The summed E-state index contributed by atoms with van der Waals surface area (Å²) in [6.45, 7) is 7.69. The van der Waals surface area contributed by atoms with E-state index in [2.05, 4.69) is 23.6 Å². The number of pyridine rings is 1. The van der Waals surface area contributed by atoms with Crippen LogP contribution in [0.5, 0.6) is 0 Å². The van der Waals surface area contributed by atoms with Crippen molar-refractivity contribution in [3.63, 3.8) is 0 Å². The summed E-state index contributed by atoms with van der Waals surface area (Å²) in [5.41, 5.74) is 0.309. The predicted molar refractivity (Wildman–Crippen MR) is 113 cm³/mol. The van der Waals surface area contributed by atoms with E-state index in [0.29, 0.717) is 18.4 Å². The van der Waals surface area contributed by atoms with E-state index in [1.165, 1.54) is 0 Å². The number of hydrogen-bond donors (Lipinski definition) is 1. The molecule has 0 saturated carbocycles. The maximum Gasteiger partial charge on any atom is 0.411 e. The van der Waals surface area contributed by atoms with E-state index >= 15 is 0 Å². The minimum Gasteiger partial charge on any atom is -0.444 e. The van der Waals surface area contributed by atoms with Crippen LogP contribution in [0.2, 0.25) is 0 Å². The smallest absolute Gasteiger partial charge is 0.411 e. The fourth-order valence-corrected chi connectivity index (χ4v) is 3.28. The fourth-order valence-electron chi connectivity index (χ4n) is 2.96. The lowest BCUT2D eigenvalue weighted by molar-refractivity contribution is 0.0209. The third kappa shape index (κ3) is 5.31. The Kier molecular flexibility index (Phi) is 6.38. The average Bonchev–Trinajstić information content (AvgIpc) is 3.29. The number of carbonyl (C=O) groups is 1. The fraction of sp³-hybridized carbons (Fsp3) is 0.556. The van der Waals surface area contributed by atoms with Crippen LogP contribution in [0.4, 0.5) is 10.6 Å². The number of aromatic nitrogens is 3. The highest BCUT2D eigenvalue weighted by atomic mass is 127. The van der Waals surface area contributed by atoms with E-state index in [0.717, 1.165) is 30.9 Å². The van der Waals surface area contributed by atoms with Crippen molar-refractivity contribution in [3.8, 4) is 11.4 Å². The van der Waals surface area contributed by atoms with Gasteiger partial charge in [-0.1, -0.05) is 5.16 Å². The SMILES string of the molecule is CN(CN1CCC(c2nc(-c3ccc(NI)nc3)no2)C1)C(=O)OC(C)(C)C. The molecule has 1 amide bonds. The lowest BCUT2D eigenvalue weighted by Crippen LogP contribution is -2.40. The Morgan fingerprint density at radius 2 is 2.25 bits per heavy atom. The van der Waals surface area contributed by atoms with Gasteiger partial charge in [0.2, 0.25) is 11.7 Å². The zero-order valence-electron chi connectivity index (χ0n) is 16.5. The highest BCUT2D eigenvalue weighted by Crippen LogP contribution is 2.28. The molecule has 1 aliphatic rings. The Bertz CT molecular complexity index is 804. The van der Waals surface area contributed by atoms with Gasteiger partial charge in [0.25, 0.3) is 0 Å². The molecule has 152 valence electrons. The summed E-state index contributed by atoms with van der Waals surface area (Å²) in [5, 5.41) is 4.09. The van der Waals surface area contributed by atoms with E-state index in [4.69, 9.17) is 9.26 Å². The molecule has 1 fully saturated rings. The molecule has 2 aromatic rings. The molecule has 2 aromatic heterocycles. The summed E-state index contributed by atoms with van der Waals surface area (Å²) in [6.07, 6.45) is 2.29. The van der Waals surface area contributed by atoms with Crippen LogP contribution in [0.15, 0.2) is 22.9 Å². The standard InChI is InChI=1S/C18H25IN6O3/c1-18(2,3)27-17(26)24(4)11-25-8-7-13(10-25)16-21-15(23-28-16)12-5-6-14(22-19)20-9-12/h5-6,9,13H,7-8,10-11H2,1-4H3,(H,20,22). The number of amides is 1.